The van der Waals surface area contributed by atoms with Gasteiger partial charge >= 0.3 is 0 Å². The maximum Gasteiger partial charge on any atom is 0.179 e. The summed E-state index contributed by atoms with van der Waals surface area (Å²) >= 11 is 6.06. The quantitative estimate of drug-likeness (QED) is 0.903. The Hall–Kier alpha value is -0.780. The fourth-order valence-electron chi connectivity index (χ4n) is 1.76. The zero-order valence-corrected chi connectivity index (χ0v) is 12.3. The van der Waals surface area contributed by atoms with Gasteiger partial charge in [0.2, 0.25) is 0 Å². The Bertz CT molecular complexity index is 528. The first-order valence-corrected chi connectivity index (χ1v) is 7.85. The van der Waals surface area contributed by atoms with Crippen molar-refractivity contribution in [3.05, 3.63) is 22.7 Å². The lowest BCUT2D eigenvalue weighted by Gasteiger charge is -2.15. The van der Waals surface area contributed by atoms with E-state index < -0.39 is 9.84 Å². The molecular formula is C12H18ClNO3S. The van der Waals surface area contributed by atoms with Crippen molar-refractivity contribution in [2.45, 2.75) is 24.2 Å². The molecule has 0 aliphatic carbocycles. The van der Waals surface area contributed by atoms with Crippen molar-refractivity contribution in [2.24, 2.45) is 5.73 Å². The Morgan fingerprint density at radius 3 is 2.50 bits per heavy atom. The second kappa shape index (κ2) is 5.91. The van der Waals surface area contributed by atoms with E-state index in [-0.39, 0.29) is 16.6 Å². The molecule has 0 aliphatic heterocycles. The number of methoxy groups -OCH3 is 1. The summed E-state index contributed by atoms with van der Waals surface area (Å²) in [6.07, 6.45) is 1.91. The SMILES string of the molecule is COc1c(Cl)cc(C(C)CCN)cc1S(C)(=O)=O. The highest BCUT2D eigenvalue weighted by Crippen LogP contribution is 2.36. The summed E-state index contributed by atoms with van der Waals surface area (Å²) in [7, 11) is -1.98. The summed E-state index contributed by atoms with van der Waals surface area (Å²) in [5.74, 6) is 0.349. The van der Waals surface area contributed by atoms with Gasteiger partial charge < -0.3 is 10.5 Å². The first-order valence-electron chi connectivity index (χ1n) is 5.58. The Morgan fingerprint density at radius 1 is 1.44 bits per heavy atom. The first-order chi connectivity index (χ1) is 8.31. The van der Waals surface area contributed by atoms with Crippen molar-refractivity contribution < 1.29 is 13.2 Å². The maximum absolute atomic E-state index is 11.7. The summed E-state index contributed by atoms with van der Waals surface area (Å²) in [6.45, 7) is 2.52. The molecule has 102 valence electrons. The zero-order valence-electron chi connectivity index (χ0n) is 10.7. The van der Waals surface area contributed by atoms with Crippen LogP contribution in [0.2, 0.25) is 5.02 Å². The van der Waals surface area contributed by atoms with Crippen LogP contribution < -0.4 is 10.5 Å². The van der Waals surface area contributed by atoms with Crippen LogP contribution in [0.1, 0.15) is 24.8 Å². The van der Waals surface area contributed by atoms with E-state index in [1.54, 1.807) is 12.1 Å². The third kappa shape index (κ3) is 3.37. The Balaban J connectivity index is 3.40. The molecular weight excluding hydrogens is 274 g/mol. The van der Waals surface area contributed by atoms with Gasteiger partial charge in [-0.2, -0.15) is 0 Å². The molecule has 0 radical (unpaired) electrons. The fraction of sp³-hybridized carbons (Fsp3) is 0.500. The minimum absolute atomic E-state index is 0.122. The number of ether oxygens (including phenoxy) is 1. The number of hydrogen-bond donors (Lipinski definition) is 1. The van der Waals surface area contributed by atoms with Crippen molar-refractivity contribution in [1.29, 1.82) is 0 Å². The Kier molecular flexibility index (Phi) is 5.01. The predicted molar refractivity (Wildman–Crippen MR) is 73.2 cm³/mol. The Labute approximate surface area is 113 Å². The molecule has 0 aromatic heterocycles. The van der Waals surface area contributed by atoms with Gasteiger partial charge in [0, 0.05) is 6.26 Å². The molecule has 2 N–H and O–H groups in total. The van der Waals surface area contributed by atoms with Gasteiger partial charge in [0.25, 0.3) is 0 Å². The van der Waals surface area contributed by atoms with Crippen LogP contribution in [-0.2, 0) is 9.84 Å². The first kappa shape index (κ1) is 15.3. The highest BCUT2D eigenvalue weighted by atomic mass is 35.5. The summed E-state index contributed by atoms with van der Waals surface area (Å²) in [5.41, 5.74) is 6.36. The average molecular weight is 292 g/mol. The standard InChI is InChI=1S/C12H18ClNO3S/c1-8(4-5-14)9-6-10(13)12(17-2)11(7-9)18(3,15)16/h6-8H,4-5,14H2,1-3H3. The molecule has 0 heterocycles. The molecule has 1 unspecified atom stereocenters. The van der Waals surface area contributed by atoms with Crippen LogP contribution in [0.3, 0.4) is 0 Å². The fourth-order valence-corrected chi connectivity index (χ4v) is 3.00. The number of hydrogen-bond acceptors (Lipinski definition) is 4. The number of halogens is 1. The van der Waals surface area contributed by atoms with Gasteiger partial charge in [-0.25, -0.2) is 8.42 Å². The largest absolute Gasteiger partial charge is 0.494 e. The van der Waals surface area contributed by atoms with E-state index >= 15 is 0 Å². The van der Waals surface area contributed by atoms with E-state index in [2.05, 4.69) is 0 Å². The molecule has 0 aliphatic rings. The van der Waals surface area contributed by atoms with Crippen LogP contribution in [-0.4, -0.2) is 28.3 Å². The van der Waals surface area contributed by atoms with Crippen LogP contribution in [0, 0.1) is 0 Å². The van der Waals surface area contributed by atoms with E-state index in [1.165, 1.54) is 7.11 Å². The van der Waals surface area contributed by atoms with Crippen molar-refractivity contribution in [2.75, 3.05) is 19.9 Å². The molecule has 0 saturated carbocycles. The summed E-state index contributed by atoms with van der Waals surface area (Å²) in [4.78, 5) is 0.122. The lowest BCUT2D eigenvalue weighted by atomic mass is 9.98. The molecule has 0 spiro atoms. The van der Waals surface area contributed by atoms with Gasteiger partial charge in [-0.3, -0.25) is 0 Å². The van der Waals surface area contributed by atoms with Gasteiger partial charge in [0.15, 0.2) is 15.6 Å². The zero-order chi connectivity index (χ0) is 13.9. The molecule has 1 aromatic rings. The van der Waals surface area contributed by atoms with E-state index in [4.69, 9.17) is 22.1 Å². The van der Waals surface area contributed by atoms with Crippen LogP contribution in [0.25, 0.3) is 0 Å². The lowest BCUT2D eigenvalue weighted by molar-refractivity contribution is 0.402. The van der Waals surface area contributed by atoms with Crippen molar-refractivity contribution in [3.63, 3.8) is 0 Å². The van der Waals surface area contributed by atoms with E-state index in [1.807, 2.05) is 6.92 Å². The van der Waals surface area contributed by atoms with Gasteiger partial charge in [-0.05, 0) is 36.6 Å². The van der Waals surface area contributed by atoms with Crippen LogP contribution >= 0.6 is 11.6 Å². The molecule has 0 bridgehead atoms. The molecule has 0 saturated heterocycles. The van der Waals surface area contributed by atoms with E-state index in [9.17, 15) is 8.42 Å². The second-order valence-electron chi connectivity index (χ2n) is 4.28. The van der Waals surface area contributed by atoms with Crippen molar-refractivity contribution in [1.82, 2.24) is 0 Å². The molecule has 1 aromatic carbocycles. The minimum atomic E-state index is -3.38. The predicted octanol–water partition coefficient (Wildman–Crippen LogP) is 2.20. The molecule has 18 heavy (non-hydrogen) atoms. The van der Waals surface area contributed by atoms with Gasteiger partial charge in [-0.15, -0.1) is 0 Å². The topological polar surface area (TPSA) is 69.4 Å². The van der Waals surface area contributed by atoms with Gasteiger partial charge in [0.1, 0.15) is 4.90 Å². The van der Waals surface area contributed by atoms with Crippen LogP contribution in [0.4, 0.5) is 0 Å². The van der Waals surface area contributed by atoms with Crippen LogP contribution in [0.5, 0.6) is 5.75 Å². The average Bonchev–Trinajstić information content (AvgIpc) is 2.27. The Morgan fingerprint density at radius 2 is 2.06 bits per heavy atom. The van der Waals surface area contributed by atoms with Crippen LogP contribution in [0.15, 0.2) is 17.0 Å². The van der Waals surface area contributed by atoms with Gasteiger partial charge in [0.05, 0.1) is 12.1 Å². The molecule has 1 atom stereocenters. The van der Waals surface area contributed by atoms with Gasteiger partial charge in [-0.1, -0.05) is 18.5 Å². The highest BCUT2D eigenvalue weighted by Gasteiger charge is 2.20. The minimum Gasteiger partial charge on any atom is -0.494 e. The third-order valence-corrected chi connectivity index (χ3v) is 4.19. The monoisotopic (exact) mass is 291 g/mol. The maximum atomic E-state index is 11.7. The smallest absolute Gasteiger partial charge is 0.179 e. The molecule has 4 nitrogen and oxygen atoms in total. The van der Waals surface area contributed by atoms with Crippen molar-refractivity contribution >= 4 is 21.4 Å². The van der Waals surface area contributed by atoms with Crippen molar-refractivity contribution in [3.8, 4) is 5.75 Å². The normalized spacial score (nSPS) is 13.4. The molecule has 1 rings (SSSR count). The number of sulfone groups is 1. The summed E-state index contributed by atoms with van der Waals surface area (Å²) < 4.78 is 28.5. The molecule has 6 heteroatoms. The number of nitrogens with two attached hydrogens (primary N) is 1. The summed E-state index contributed by atoms with van der Waals surface area (Å²) in [5, 5.41) is 0.305. The highest BCUT2D eigenvalue weighted by molar-refractivity contribution is 7.90. The van der Waals surface area contributed by atoms with E-state index in [0.717, 1.165) is 18.2 Å². The number of benzene rings is 1. The second-order valence-corrected chi connectivity index (χ2v) is 6.68. The summed E-state index contributed by atoms with van der Waals surface area (Å²) in [6, 6.07) is 3.34. The van der Waals surface area contributed by atoms with E-state index in [0.29, 0.717) is 11.6 Å². The third-order valence-electron chi connectivity index (χ3n) is 2.80. The molecule has 0 fully saturated rings. The molecule has 0 amide bonds. The number of rotatable bonds is 5. The lowest BCUT2D eigenvalue weighted by Crippen LogP contribution is -2.07.